The molecule has 0 aliphatic rings. The number of rotatable bonds is 3. The van der Waals surface area contributed by atoms with Gasteiger partial charge in [0.1, 0.15) is 4.47 Å². The van der Waals surface area contributed by atoms with E-state index >= 15 is 0 Å². The predicted molar refractivity (Wildman–Crippen MR) is 71.5 cm³/mol. The minimum Gasteiger partial charge on any atom is -0.465 e. The second-order valence-corrected chi connectivity index (χ2v) is 5.28. The Kier molecular flexibility index (Phi) is 3.67. The van der Waals surface area contributed by atoms with Crippen LogP contribution in [0.25, 0.3) is 4.96 Å². The van der Waals surface area contributed by atoms with Crippen molar-refractivity contribution in [3.8, 4) is 0 Å². The molecule has 8 heteroatoms. The number of amides is 1. The maximum atomic E-state index is 12.1. The van der Waals surface area contributed by atoms with Gasteiger partial charge in [0.2, 0.25) is 0 Å². The van der Waals surface area contributed by atoms with E-state index in [9.17, 15) is 9.59 Å². The summed E-state index contributed by atoms with van der Waals surface area (Å²) in [6, 6.07) is 0. The molecule has 0 aliphatic carbocycles. The van der Waals surface area contributed by atoms with Crippen LogP contribution in [0.2, 0.25) is 0 Å². The quantitative estimate of drug-likeness (QED) is 0.895. The number of nitrogens with one attached hydrogen (secondary N) is 1. The summed E-state index contributed by atoms with van der Waals surface area (Å²) in [6.45, 7) is 2.06. The van der Waals surface area contributed by atoms with Crippen molar-refractivity contribution in [3.63, 3.8) is 0 Å². The van der Waals surface area contributed by atoms with Crippen molar-refractivity contribution >= 4 is 38.3 Å². The van der Waals surface area contributed by atoms with Gasteiger partial charge in [-0.25, -0.2) is 9.78 Å². The van der Waals surface area contributed by atoms with E-state index in [-0.39, 0.29) is 12.1 Å². The Bertz CT molecular complexity index is 664. The molecule has 2 aromatic rings. The number of thiazole rings is 1. The van der Waals surface area contributed by atoms with Crippen LogP contribution in [0.1, 0.15) is 11.4 Å². The SMILES string of the molecule is Cc1csc2nc(CCNC(=O)O)c(Br)c(=O)n12. The maximum Gasteiger partial charge on any atom is 0.404 e. The Labute approximate surface area is 114 Å². The van der Waals surface area contributed by atoms with Crippen molar-refractivity contribution in [2.75, 3.05) is 6.54 Å². The van der Waals surface area contributed by atoms with Gasteiger partial charge in [-0.15, -0.1) is 11.3 Å². The summed E-state index contributed by atoms with van der Waals surface area (Å²) in [5.41, 5.74) is 1.24. The second kappa shape index (κ2) is 5.07. The zero-order valence-electron chi connectivity index (χ0n) is 9.44. The molecule has 6 nitrogen and oxygen atoms in total. The molecule has 96 valence electrons. The van der Waals surface area contributed by atoms with Crippen LogP contribution in [0.15, 0.2) is 14.6 Å². The van der Waals surface area contributed by atoms with Gasteiger partial charge in [0, 0.05) is 24.0 Å². The normalized spacial score (nSPS) is 10.8. The molecule has 0 saturated carbocycles. The third-order valence-corrected chi connectivity index (χ3v) is 4.13. The first-order chi connectivity index (χ1) is 8.50. The lowest BCUT2D eigenvalue weighted by atomic mass is 10.3. The van der Waals surface area contributed by atoms with Crippen molar-refractivity contribution in [2.45, 2.75) is 13.3 Å². The van der Waals surface area contributed by atoms with Gasteiger partial charge < -0.3 is 10.4 Å². The van der Waals surface area contributed by atoms with Gasteiger partial charge in [-0.05, 0) is 22.9 Å². The van der Waals surface area contributed by atoms with E-state index in [0.717, 1.165) is 5.69 Å². The van der Waals surface area contributed by atoms with E-state index in [1.54, 1.807) is 0 Å². The standard InChI is InChI=1S/C10H10BrN3O3S/c1-5-4-18-9-13-6(2-3-12-10(16)17)7(11)8(15)14(5)9/h4,12H,2-3H2,1H3,(H,16,17). The minimum atomic E-state index is -1.09. The molecule has 2 N–H and O–H groups in total. The number of hydrogen-bond donors (Lipinski definition) is 2. The molecule has 18 heavy (non-hydrogen) atoms. The van der Waals surface area contributed by atoms with Crippen LogP contribution in [0, 0.1) is 6.92 Å². The lowest BCUT2D eigenvalue weighted by Gasteiger charge is -2.04. The molecule has 0 saturated heterocycles. The summed E-state index contributed by atoms with van der Waals surface area (Å²) in [5.74, 6) is 0. The molecule has 0 radical (unpaired) electrons. The van der Waals surface area contributed by atoms with E-state index < -0.39 is 6.09 Å². The van der Waals surface area contributed by atoms with Crippen LogP contribution in [-0.2, 0) is 6.42 Å². The number of fused-ring (bicyclic) bond motifs is 1. The fourth-order valence-electron chi connectivity index (χ4n) is 1.56. The number of aryl methyl sites for hydroxylation is 1. The van der Waals surface area contributed by atoms with Gasteiger partial charge in [-0.1, -0.05) is 0 Å². The topological polar surface area (TPSA) is 83.7 Å². The van der Waals surface area contributed by atoms with Gasteiger partial charge in [0.25, 0.3) is 5.56 Å². The molecule has 2 heterocycles. The molecule has 0 bridgehead atoms. The van der Waals surface area contributed by atoms with Crippen LogP contribution >= 0.6 is 27.3 Å². The molecule has 0 unspecified atom stereocenters. The van der Waals surface area contributed by atoms with Crippen molar-refractivity contribution in [1.29, 1.82) is 0 Å². The number of hydrogen-bond acceptors (Lipinski definition) is 4. The molecular formula is C10H10BrN3O3S. The van der Waals surface area contributed by atoms with Crippen molar-refractivity contribution in [3.05, 3.63) is 31.6 Å². The zero-order chi connectivity index (χ0) is 13.3. The number of halogens is 1. The Morgan fingerprint density at radius 3 is 3.06 bits per heavy atom. The van der Waals surface area contributed by atoms with Gasteiger partial charge in [0.05, 0.1) is 5.69 Å². The number of aromatic nitrogens is 2. The van der Waals surface area contributed by atoms with Gasteiger partial charge >= 0.3 is 6.09 Å². The third kappa shape index (κ3) is 2.39. The summed E-state index contributed by atoms with van der Waals surface area (Å²) in [5, 5.41) is 12.6. The average molecular weight is 332 g/mol. The van der Waals surface area contributed by atoms with Crippen LogP contribution in [0.5, 0.6) is 0 Å². The highest BCUT2D eigenvalue weighted by molar-refractivity contribution is 9.10. The molecule has 0 atom stereocenters. The Hall–Kier alpha value is -1.41. The molecule has 0 aromatic carbocycles. The van der Waals surface area contributed by atoms with Crippen LogP contribution < -0.4 is 10.9 Å². The molecule has 2 rings (SSSR count). The highest BCUT2D eigenvalue weighted by Crippen LogP contribution is 2.17. The smallest absolute Gasteiger partial charge is 0.404 e. The average Bonchev–Trinajstić information content (AvgIpc) is 2.66. The van der Waals surface area contributed by atoms with Gasteiger partial charge in [0.15, 0.2) is 4.96 Å². The molecular weight excluding hydrogens is 322 g/mol. The predicted octanol–water partition coefficient (Wildman–Crippen LogP) is 1.64. The van der Waals surface area contributed by atoms with Crippen LogP contribution in [0.4, 0.5) is 4.79 Å². The molecule has 2 aromatic heterocycles. The minimum absolute atomic E-state index is 0.163. The number of carbonyl (C=O) groups is 1. The van der Waals surface area contributed by atoms with Crippen molar-refractivity contribution in [1.82, 2.24) is 14.7 Å². The largest absolute Gasteiger partial charge is 0.465 e. The lowest BCUT2D eigenvalue weighted by molar-refractivity contribution is 0.194. The second-order valence-electron chi connectivity index (χ2n) is 3.65. The Balaban J connectivity index is 2.37. The number of carboxylic acid groups (broad SMARTS) is 1. The number of nitrogens with zero attached hydrogens (tertiary/aromatic N) is 2. The van der Waals surface area contributed by atoms with E-state index in [2.05, 4.69) is 26.2 Å². The Morgan fingerprint density at radius 1 is 1.67 bits per heavy atom. The van der Waals surface area contributed by atoms with E-state index in [0.29, 0.717) is 21.5 Å². The first-order valence-electron chi connectivity index (χ1n) is 5.12. The molecule has 0 fully saturated rings. The monoisotopic (exact) mass is 331 g/mol. The molecule has 1 amide bonds. The highest BCUT2D eigenvalue weighted by Gasteiger charge is 2.12. The molecule has 0 aliphatic heterocycles. The lowest BCUT2D eigenvalue weighted by Crippen LogP contribution is -2.25. The highest BCUT2D eigenvalue weighted by atomic mass is 79.9. The van der Waals surface area contributed by atoms with Gasteiger partial charge in [-0.3, -0.25) is 9.20 Å². The van der Waals surface area contributed by atoms with E-state index in [4.69, 9.17) is 5.11 Å². The maximum absolute atomic E-state index is 12.1. The van der Waals surface area contributed by atoms with Crippen LogP contribution in [0.3, 0.4) is 0 Å². The summed E-state index contributed by atoms with van der Waals surface area (Å²) in [7, 11) is 0. The summed E-state index contributed by atoms with van der Waals surface area (Å²) >= 11 is 4.61. The summed E-state index contributed by atoms with van der Waals surface area (Å²) in [6.07, 6.45) is -0.717. The summed E-state index contributed by atoms with van der Waals surface area (Å²) in [4.78, 5) is 27.4. The first kappa shape index (κ1) is 13.0. The van der Waals surface area contributed by atoms with Gasteiger partial charge in [-0.2, -0.15) is 0 Å². The summed E-state index contributed by atoms with van der Waals surface area (Å²) < 4.78 is 1.91. The fraction of sp³-hybridized carbons (Fsp3) is 0.300. The third-order valence-electron chi connectivity index (χ3n) is 2.39. The first-order valence-corrected chi connectivity index (χ1v) is 6.80. The molecule has 0 spiro atoms. The van der Waals surface area contributed by atoms with E-state index in [1.807, 2.05) is 12.3 Å². The zero-order valence-corrected chi connectivity index (χ0v) is 11.8. The van der Waals surface area contributed by atoms with Crippen molar-refractivity contribution in [2.24, 2.45) is 0 Å². The van der Waals surface area contributed by atoms with E-state index in [1.165, 1.54) is 15.7 Å². The van der Waals surface area contributed by atoms with Crippen LogP contribution in [-0.4, -0.2) is 27.1 Å². The Morgan fingerprint density at radius 2 is 2.39 bits per heavy atom. The fourth-order valence-corrected chi connectivity index (χ4v) is 2.90. The van der Waals surface area contributed by atoms with Crippen molar-refractivity contribution < 1.29 is 9.90 Å².